The largest absolute Gasteiger partial charge is 0.443 e. The van der Waals surface area contributed by atoms with Crippen LogP contribution < -0.4 is 4.90 Å². The van der Waals surface area contributed by atoms with Gasteiger partial charge in [0.25, 0.3) is 0 Å². The molecule has 1 saturated heterocycles. The van der Waals surface area contributed by atoms with Gasteiger partial charge in [-0.05, 0) is 93.6 Å². The fraction of sp³-hybridized carbons (Fsp3) is 0.458. The van der Waals surface area contributed by atoms with Gasteiger partial charge in [0.1, 0.15) is 5.60 Å². The molecule has 2 aromatic heterocycles. The summed E-state index contributed by atoms with van der Waals surface area (Å²) in [7, 11) is 2.17. The molecule has 0 saturated carbocycles. The first-order valence-corrected chi connectivity index (χ1v) is 11.9. The van der Waals surface area contributed by atoms with Crippen LogP contribution in [0.2, 0.25) is 0 Å². The van der Waals surface area contributed by atoms with Crippen molar-refractivity contribution in [1.82, 2.24) is 19.7 Å². The fourth-order valence-corrected chi connectivity index (χ4v) is 4.88. The van der Waals surface area contributed by atoms with Crippen molar-refractivity contribution in [2.45, 2.75) is 40.2 Å². The second-order valence-electron chi connectivity index (χ2n) is 9.54. The van der Waals surface area contributed by atoms with Crippen molar-refractivity contribution in [2.75, 3.05) is 38.1 Å². The molecule has 0 unspecified atom stereocenters. The van der Waals surface area contributed by atoms with Crippen LogP contribution in [-0.4, -0.2) is 64.6 Å². The van der Waals surface area contributed by atoms with Crippen LogP contribution in [0.5, 0.6) is 0 Å². The van der Waals surface area contributed by atoms with Crippen LogP contribution in [0, 0.1) is 17.4 Å². The topological polar surface area (TPSA) is 63.5 Å². The van der Waals surface area contributed by atoms with Crippen LogP contribution in [0.4, 0.5) is 10.5 Å². The first-order valence-electron chi connectivity index (χ1n) is 10.9. The third-order valence-electron chi connectivity index (χ3n) is 5.70. The molecule has 0 atom stereocenters. The van der Waals surface area contributed by atoms with E-state index >= 15 is 0 Å². The summed E-state index contributed by atoms with van der Waals surface area (Å²) in [5.41, 5.74) is 5.57. The van der Waals surface area contributed by atoms with Gasteiger partial charge in [0, 0.05) is 52.6 Å². The number of nitrogens with zero attached hydrogens (tertiary/aromatic N) is 5. The molecule has 32 heavy (non-hydrogen) atoms. The SMILES string of the molecule is Cc1cc(-c2cc3c(I)cn(C(=O)OC(C)(C)C)c3nn2)cc(C)c1N1CCN(C)CC1. The Balaban J connectivity index is 1.68. The molecule has 0 amide bonds. The Kier molecular flexibility index (Phi) is 6.19. The van der Waals surface area contributed by atoms with Gasteiger partial charge in [-0.2, -0.15) is 0 Å². The van der Waals surface area contributed by atoms with E-state index in [1.165, 1.54) is 21.4 Å². The number of carbonyl (C=O) groups is 1. The van der Waals surface area contributed by atoms with Crippen molar-refractivity contribution in [3.8, 4) is 11.3 Å². The number of rotatable bonds is 2. The molecule has 1 fully saturated rings. The minimum atomic E-state index is -0.576. The van der Waals surface area contributed by atoms with Gasteiger partial charge >= 0.3 is 6.09 Å². The monoisotopic (exact) mass is 547 g/mol. The van der Waals surface area contributed by atoms with Gasteiger partial charge in [0.2, 0.25) is 0 Å². The molecule has 0 spiro atoms. The second kappa shape index (κ2) is 8.62. The smallest absolute Gasteiger partial charge is 0.420 e. The molecule has 0 N–H and O–H groups in total. The minimum Gasteiger partial charge on any atom is -0.443 e. The Morgan fingerprint density at radius 1 is 1.03 bits per heavy atom. The van der Waals surface area contributed by atoms with E-state index < -0.39 is 11.7 Å². The summed E-state index contributed by atoms with van der Waals surface area (Å²) in [6, 6.07) is 6.39. The maximum absolute atomic E-state index is 12.6. The molecule has 1 aliphatic rings. The van der Waals surface area contributed by atoms with E-state index in [0.717, 1.165) is 46.4 Å². The molecule has 4 rings (SSSR count). The van der Waals surface area contributed by atoms with Crippen LogP contribution in [0.3, 0.4) is 0 Å². The van der Waals surface area contributed by atoms with Crippen molar-refractivity contribution in [2.24, 2.45) is 0 Å². The van der Waals surface area contributed by atoms with Gasteiger partial charge in [-0.15, -0.1) is 10.2 Å². The number of fused-ring (bicyclic) bond motifs is 1. The number of aromatic nitrogens is 3. The first-order chi connectivity index (χ1) is 15.0. The number of halogens is 1. The lowest BCUT2D eigenvalue weighted by Crippen LogP contribution is -2.45. The van der Waals surface area contributed by atoms with E-state index in [1.807, 2.05) is 26.8 Å². The van der Waals surface area contributed by atoms with Gasteiger partial charge in [-0.1, -0.05) is 0 Å². The lowest BCUT2D eigenvalue weighted by molar-refractivity contribution is 0.0543. The Morgan fingerprint density at radius 3 is 2.25 bits per heavy atom. The predicted octanol–water partition coefficient (Wildman–Crippen LogP) is 4.85. The molecule has 1 aliphatic heterocycles. The highest BCUT2D eigenvalue weighted by Gasteiger charge is 2.23. The summed E-state index contributed by atoms with van der Waals surface area (Å²) < 4.78 is 7.88. The van der Waals surface area contributed by atoms with E-state index in [4.69, 9.17) is 4.74 Å². The first kappa shape index (κ1) is 23.0. The number of hydrogen-bond donors (Lipinski definition) is 0. The highest BCUT2D eigenvalue weighted by molar-refractivity contribution is 14.1. The van der Waals surface area contributed by atoms with E-state index in [2.05, 4.69) is 75.6 Å². The predicted molar refractivity (Wildman–Crippen MR) is 136 cm³/mol. The number of piperazine rings is 1. The molecule has 8 heteroatoms. The van der Waals surface area contributed by atoms with E-state index in [-0.39, 0.29) is 0 Å². The number of carbonyl (C=O) groups excluding carboxylic acids is 1. The number of hydrogen-bond acceptors (Lipinski definition) is 6. The summed E-state index contributed by atoms with van der Waals surface area (Å²) in [5.74, 6) is 0. The Labute approximate surface area is 202 Å². The van der Waals surface area contributed by atoms with Crippen LogP contribution >= 0.6 is 22.6 Å². The number of likely N-dealkylation sites (N-methyl/N-ethyl adjacent to an activating group) is 1. The quantitative estimate of drug-likeness (QED) is 0.428. The Morgan fingerprint density at radius 2 is 1.66 bits per heavy atom. The minimum absolute atomic E-state index is 0.448. The highest BCUT2D eigenvalue weighted by Crippen LogP contribution is 2.32. The van der Waals surface area contributed by atoms with Gasteiger partial charge < -0.3 is 14.5 Å². The summed E-state index contributed by atoms with van der Waals surface area (Å²) >= 11 is 2.23. The molecule has 3 aromatic rings. The fourth-order valence-electron chi connectivity index (χ4n) is 4.21. The number of aryl methyl sites for hydroxylation is 2. The highest BCUT2D eigenvalue weighted by atomic mass is 127. The molecule has 170 valence electrons. The zero-order chi connectivity index (χ0) is 23.2. The van der Waals surface area contributed by atoms with Crippen molar-refractivity contribution in [3.63, 3.8) is 0 Å². The average molecular weight is 547 g/mol. The van der Waals surface area contributed by atoms with Crippen LogP contribution in [0.25, 0.3) is 22.3 Å². The van der Waals surface area contributed by atoms with E-state index in [1.54, 1.807) is 6.20 Å². The summed E-state index contributed by atoms with van der Waals surface area (Å²) in [6.07, 6.45) is 1.31. The Hall–Kier alpha value is -2.20. The summed E-state index contributed by atoms with van der Waals surface area (Å²) in [5, 5.41) is 9.75. The maximum Gasteiger partial charge on any atom is 0.420 e. The van der Waals surface area contributed by atoms with Crippen LogP contribution in [0.15, 0.2) is 24.4 Å². The van der Waals surface area contributed by atoms with Crippen molar-refractivity contribution in [3.05, 3.63) is 39.1 Å². The maximum atomic E-state index is 12.6. The van der Waals surface area contributed by atoms with Crippen molar-refractivity contribution >= 4 is 45.4 Å². The lowest BCUT2D eigenvalue weighted by atomic mass is 10.0. The van der Waals surface area contributed by atoms with E-state index in [0.29, 0.717) is 5.65 Å². The molecule has 0 aliphatic carbocycles. The van der Waals surface area contributed by atoms with Crippen molar-refractivity contribution < 1.29 is 9.53 Å². The number of ether oxygens (including phenoxy) is 1. The van der Waals surface area contributed by atoms with Gasteiger partial charge in [-0.25, -0.2) is 9.36 Å². The molecule has 1 aromatic carbocycles. The Bertz CT molecular complexity index is 1150. The van der Waals surface area contributed by atoms with Gasteiger partial charge in [0.15, 0.2) is 5.65 Å². The normalized spacial score (nSPS) is 15.4. The molecule has 0 radical (unpaired) electrons. The third kappa shape index (κ3) is 4.61. The third-order valence-corrected chi connectivity index (χ3v) is 6.56. The lowest BCUT2D eigenvalue weighted by Gasteiger charge is -2.36. The standard InChI is InChI=1S/C24H30IN5O2/c1-15-11-17(12-16(2)21(15)29-9-7-28(6)8-10-29)20-13-18-19(25)14-30(22(18)27-26-20)23(31)32-24(3,4)5/h11-14H,7-10H2,1-6H3. The molecule has 7 nitrogen and oxygen atoms in total. The zero-order valence-electron chi connectivity index (χ0n) is 19.6. The summed E-state index contributed by atoms with van der Waals surface area (Å²) in [4.78, 5) is 17.4. The second-order valence-corrected chi connectivity index (χ2v) is 10.7. The number of benzene rings is 1. The summed E-state index contributed by atoms with van der Waals surface area (Å²) in [6.45, 7) is 14.1. The molecular formula is C24H30IN5O2. The van der Waals surface area contributed by atoms with Gasteiger partial charge in [-0.3, -0.25) is 0 Å². The van der Waals surface area contributed by atoms with Crippen molar-refractivity contribution in [1.29, 1.82) is 0 Å². The van der Waals surface area contributed by atoms with E-state index in [9.17, 15) is 4.79 Å². The molecule has 0 bridgehead atoms. The average Bonchev–Trinajstić information content (AvgIpc) is 3.04. The van der Waals surface area contributed by atoms with Gasteiger partial charge in [0.05, 0.1) is 5.69 Å². The van der Waals surface area contributed by atoms with Crippen LogP contribution in [-0.2, 0) is 4.74 Å². The zero-order valence-corrected chi connectivity index (χ0v) is 21.7. The van der Waals surface area contributed by atoms with Crippen LogP contribution in [0.1, 0.15) is 31.9 Å². The number of anilines is 1. The molecular weight excluding hydrogens is 517 g/mol. The molecule has 3 heterocycles.